The molecule has 0 spiro atoms. The van der Waals surface area contributed by atoms with Gasteiger partial charge < -0.3 is 9.64 Å². The van der Waals surface area contributed by atoms with Crippen molar-refractivity contribution in [3.8, 4) is 5.75 Å². The van der Waals surface area contributed by atoms with Crippen molar-refractivity contribution in [3.05, 3.63) is 29.8 Å². The van der Waals surface area contributed by atoms with Crippen molar-refractivity contribution in [2.75, 3.05) is 19.4 Å². The molecule has 8 heteroatoms. The molecule has 4 rings (SSSR count). The first kappa shape index (κ1) is 21.0. The molecule has 156 valence electrons. The van der Waals surface area contributed by atoms with E-state index in [2.05, 4.69) is 27.2 Å². The van der Waals surface area contributed by atoms with Crippen LogP contribution in [0.25, 0.3) is 0 Å². The lowest BCUT2D eigenvalue weighted by Crippen LogP contribution is -2.50. The molecule has 2 atom stereocenters. The first-order chi connectivity index (χ1) is 14.2. The molecule has 1 aromatic carbocycles. The molecule has 2 heterocycles. The standard InChI is InChI=1S/C21H27N3O2S3/c1-26-17-10-8-15(9-11-17)13-27-20-22-23-21(29-20)28-14-19(25)24-12-4-6-16-5-2-3-7-18(16)24/h8-11,16,18H,2-7,12-14H2,1H3. The third-order valence-electron chi connectivity index (χ3n) is 5.79. The van der Waals surface area contributed by atoms with Crippen LogP contribution in [0.3, 0.4) is 0 Å². The number of piperidine rings is 1. The van der Waals surface area contributed by atoms with Crippen molar-refractivity contribution in [2.45, 2.75) is 59.0 Å². The maximum atomic E-state index is 12.8. The van der Waals surface area contributed by atoms with E-state index in [-0.39, 0.29) is 5.91 Å². The fraction of sp³-hybridized carbons (Fsp3) is 0.571. The topological polar surface area (TPSA) is 55.3 Å². The molecular formula is C21H27N3O2S3. The summed E-state index contributed by atoms with van der Waals surface area (Å²) in [6.07, 6.45) is 7.54. The smallest absolute Gasteiger partial charge is 0.233 e. The largest absolute Gasteiger partial charge is 0.497 e. The Morgan fingerprint density at radius 1 is 1.10 bits per heavy atom. The molecule has 1 amide bonds. The van der Waals surface area contributed by atoms with Gasteiger partial charge in [0, 0.05) is 18.3 Å². The van der Waals surface area contributed by atoms with Crippen LogP contribution in [0.2, 0.25) is 0 Å². The van der Waals surface area contributed by atoms with Crippen LogP contribution >= 0.6 is 34.9 Å². The Hall–Kier alpha value is -1.25. The Balaban J connectivity index is 1.26. The van der Waals surface area contributed by atoms with Crippen LogP contribution in [0.4, 0.5) is 0 Å². The number of nitrogens with zero attached hydrogens (tertiary/aromatic N) is 3. The number of fused-ring (bicyclic) bond motifs is 1. The molecule has 2 unspecified atom stereocenters. The summed E-state index contributed by atoms with van der Waals surface area (Å²) in [5.74, 6) is 3.19. The van der Waals surface area contributed by atoms with Crippen LogP contribution in [0.1, 0.15) is 44.1 Å². The Morgan fingerprint density at radius 3 is 2.62 bits per heavy atom. The van der Waals surface area contributed by atoms with Crippen molar-refractivity contribution in [1.82, 2.24) is 15.1 Å². The van der Waals surface area contributed by atoms with E-state index in [9.17, 15) is 4.79 Å². The molecule has 1 aliphatic carbocycles. The fourth-order valence-electron chi connectivity index (χ4n) is 4.32. The van der Waals surface area contributed by atoms with Crippen molar-refractivity contribution >= 4 is 40.8 Å². The molecular weight excluding hydrogens is 422 g/mol. The van der Waals surface area contributed by atoms with E-state index < -0.39 is 0 Å². The van der Waals surface area contributed by atoms with E-state index in [4.69, 9.17) is 4.74 Å². The Kier molecular flexibility index (Phi) is 7.37. The van der Waals surface area contributed by atoms with Gasteiger partial charge in [-0.3, -0.25) is 4.79 Å². The molecule has 1 aromatic heterocycles. The van der Waals surface area contributed by atoms with Crippen molar-refractivity contribution in [1.29, 1.82) is 0 Å². The number of ether oxygens (including phenoxy) is 1. The van der Waals surface area contributed by atoms with E-state index in [1.807, 2.05) is 12.1 Å². The highest BCUT2D eigenvalue weighted by Gasteiger charge is 2.35. The molecule has 0 N–H and O–H groups in total. The number of carbonyl (C=O) groups is 1. The molecule has 1 aliphatic heterocycles. The molecule has 1 saturated heterocycles. The van der Waals surface area contributed by atoms with Gasteiger partial charge in [-0.25, -0.2) is 0 Å². The van der Waals surface area contributed by atoms with Crippen molar-refractivity contribution in [3.63, 3.8) is 0 Å². The van der Waals surface area contributed by atoms with E-state index in [1.165, 1.54) is 49.4 Å². The molecule has 2 fully saturated rings. The second kappa shape index (κ2) is 10.2. The number of hydrogen-bond donors (Lipinski definition) is 0. The van der Waals surface area contributed by atoms with E-state index in [1.54, 1.807) is 30.2 Å². The number of hydrogen-bond acceptors (Lipinski definition) is 7. The number of likely N-dealkylation sites (tertiary alicyclic amines) is 1. The van der Waals surface area contributed by atoms with E-state index in [0.717, 1.165) is 39.1 Å². The summed E-state index contributed by atoms with van der Waals surface area (Å²) in [6, 6.07) is 8.56. The first-order valence-corrected chi connectivity index (χ1v) is 13.0. The summed E-state index contributed by atoms with van der Waals surface area (Å²) >= 11 is 4.79. The van der Waals surface area contributed by atoms with Gasteiger partial charge >= 0.3 is 0 Å². The third-order valence-corrected chi connectivity index (χ3v) is 9.04. The Bertz CT molecular complexity index is 810. The quantitative estimate of drug-likeness (QED) is 0.547. The average molecular weight is 450 g/mol. The van der Waals surface area contributed by atoms with Crippen LogP contribution < -0.4 is 4.74 Å². The highest BCUT2D eigenvalue weighted by Crippen LogP contribution is 2.36. The molecule has 5 nitrogen and oxygen atoms in total. The van der Waals surface area contributed by atoms with Crippen LogP contribution in [0, 0.1) is 5.92 Å². The fourth-order valence-corrected chi connectivity index (χ4v) is 7.18. The summed E-state index contributed by atoms with van der Waals surface area (Å²) in [5, 5.41) is 8.56. The van der Waals surface area contributed by atoms with Gasteiger partial charge in [-0.05, 0) is 49.3 Å². The SMILES string of the molecule is COc1ccc(CSc2nnc(SCC(=O)N3CCCC4CCCCC43)s2)cc1. The predicted molar refractivity (Wildman–Crippen MR) is 120 cm³/mol. The lowest BCUT2D eigenvalue weighted by molar-refractivity contribution is -0.134. The molecule has 2 aliphatic rings. The minimum absolute atomic E-state index is 0.272. The van der Waals surface area contributed by atoms with Gasteiger partial charge in [-0.15, -0.1) is 10.2 Å². The van der Waals surface area contributed by atoms with Gasteiger partial charge in [-0.2, -0.15) is 0 Å². The molecule has 29 heavy (non-hydrogen) atoms. The zero-order valence-corrected chi connectivity index (χ0v) is 19.2. The molecule has 2 aromatic rings. The number of aromatic nitrogens is 2. The highest BCUT2D eigenvalue weighted by atomic mass is 32.2. The maximum absolute atomic E-state index is 12.8. The minimum Gasteiger partial charge on any atom is -0.497 e. The zero-order valence-electron chi connectivity index (χ0n) is 16.7. The van der Waals surface area contributed by atoms with Crippen LogP contribution in [-0.2, 0) is 10.5 Å². The predicted octanol–water partition coefficient (Wildman–Crippen LogP) is 5.11. The molecule has 1 saturated carbocycles. The Labute approximate surface area is 185 Å². The van der Waals surface area contributed by atoms with Crippen molar-refractivity contribution in [2.24, 2.45) is 5.92 Å². The summed E-state index contributed by atoms with van der Waals surface area (Å²) in [4.78, 5) is 15.0. The van der Waals surface area contributed by atoms with Crippen LogP contribution in [0.5, 0.6) is 5.75 Å². The number of amides is 1. The summed E-state index contributed by atoms with van der Waals surface area (Å²) in [7, 11) is 1.67. The second-order valence-electron chi connectivity index (χ2n) is 7.60. The lowest BCUT2D eigenvalue weighted by atomic mass is 9.78. The summed E-state index contributed by atoms with van der Waals surface area (Å²) in [5.41, 5.74) is 1.22. The monoisotopic (exact) mass is 449 g/mol. The number of carbonyl (C=O) groups excluding carboxylic acids is 1. The lowest BCUT2D eigenvalue weighted by Gasteiger charge is -2.44. The maximum Gasteiger partial charge on any atom is 0.233 e. The summed E-state index contributed by atoms with van der Waals surface area (Å²) in [6.45, 7) is 0.930. The van der Waals surface area contributed by atoms with Gasteiger partial charge in [-0.1, -0.05) is 59.8 Å². The normalized spacial score (nSPS) is 21.6. The molecule has 0 radical (unpaired) electrons. The van der Waals surface area contributed by atoms with E-state index in [0.29, 0.717) is 11.8 Å². The third kappa shape index (κ3) is 5.47. The summed E-state index contributed by atoms with van der Waals surface area (Å²) < 4.78 is 7.02. The van der Waals surface area contributed by atoms with Gasteiger partial charge in [0.1, 0.15) is 5.75 Å². The Morgan fingerprint density at radius 2 is 1.83 bits per heavy atom. The van der Waals surface area contributed by atoms with Crippen molar-refractivity contribution < 1.29 is 9.53 Å². The van der Waals surface area contributed by atoms with Gasteiger partial charge in [0.15, 0.2) is 8.68 Å². The van der Waals surface area contributed by atoms with Gasteiger partial charge in [0.25, 0.3) is 0 Å². The molecule has 0 bridgehead atoms. The first-order valence-electron chi connectivity index (χ1n) is 10.2. The highest BCUT2D eigenvalue weighted by molar-refractivity contribution is 8.03. The van der Waals surface area contributed by atoms with Crippen LogP contribution in [0.15, 0.2) is 32.9 Å². The van der Waals surface area contributed by atoms with Gasteiger partial charge in [0.05, 0.1) is 12.9 Å². The number of thioether (sulfide) groups is 2. The van der Waals surface area contributed by atoms with Crippen LogP contribution in [-0.4, -0.2) is 46.5 Å². The minimum atomic E-state index is 0.272. The average Bonchev–Trinajstić information content (AvgIpc) is 3.24. The zero-order chi connectivity index (χ0) is 20.1. The van der Waals surface area contributed by atoms with E-state index >= 15 is 0 Å². The number of rotatable bonds is 7. The second-order valence-corrected chi connectivity index (χ2v) is 11.0. The number of methoxy groups -OCH3 is 1. The van der Waals surface area contributed by atoms with Gasteiger partial charge in [0.2, 0.25) is 5.91 Å². The number of benzene rings is 1.